The molecule has 0 aliphatic carbocycles. The van der Waals surface area contributed by atoms with E-state index in [0.717, 1.165) is 45.0 Å². The smallest absolute Gasteiger partial charge is 0.292 e. The van der Waals surface area contributed by atoms with Gasteiger partial charge in [0, 0.05) is 31.4 Å². The Morgan fingerprint density at radius 2 is 1.79 bits per heavy atom. The highest BCUT2D eigenvalue weighted by Crippen LogP contribution is 2.27. The highest BCUT2D eigenvalue weighted by Gasteiger charge is 2.12. The van der Waals surface area contributed by atoms with Crippen LogP contribution in [0.4, 0.5) is 17.1 Å². The van der Waals surface area contributed by atoms with Gasteiger partial charge in [0.05, 0.1) is 18.1 Å². The second-order valence-electron chi connectivity index (χ2n) is 5.80. The number of ether oxygens (including phenoxy) is 1. The first kappa shape index (κ1) is 16.4. The number of hydrogen-bond acceptors (Lipinski definition) is 5. The molecule has 2 aromatic carbocycles. The lowest BCUT2D eigenvalue weighted by molar-refractivity contribution is -0.383. The summed E-state index contributed by atoms with van der Waals surface area (Å²) in [5, 5.41) is 14.2. The lowest BCUT2D eigenvalue weighted by atomic mass is 10.1. The van der Waals surface area contributed by atoms with Gasteiger partial charge in [-0.3, -0.25) is 15.0 Å². The summed E-state index contributed by atoms with van der Waals surface area (Å²) < 4.78 is 5.35. The van der Waals surface area contributed by atoms with Gasteiger partial charge in [-0.2, -0.15) is 0 Å². The van der Waals surface area contributed by atoms with Crippen molar-refractivity contribution in [2.45, 2.75) is 6.42 Å². The molecule has 24 heavy (non-hydrogen) atoms. The lowest BCUT2D eigenvalue weighted by Crippen LogP contribution is -2.37. The van der Waals surface area contributed by atoms with Crippen molar-refractivity contribution < 1.29 is 9.66 Å². The van der Waals surface area contributed by atoms with E-state index in [-0.39, 0.29) is 10.6 Å². The topological polar surface area (TPSA) is 67.6 Å². The average Bonchev–Trinajstić information content (AvgIpc) is 2.62. The third-order valence-corrected chi connectivity index (χ3v) is 4.15. The molecule has 0 spiro atoms. The molecule has 1 saturated heterocycles. The Morgan fingerprint density at radius 1 is 1.08 bits per heavy atom. The van der Waals surface area contributed by atoms with Gasteiger partial charge in [-0.25, -0.2) is 0 Å². The van der Waals surface area contributed by atoms with E-state index < -0.39 is 0 Å². The molecule has 1 heterocycles. The van der Waals surface area contributed by atoms with Crippen LogP contribution in [0.25, 0.3) is 0 Å². The van der Waals surface area contributed by atoms with Gasteiger partial charge in [-0.1, -0.05) is 24.3 Å². The van der Waals surface area contributed by atoms with Crippen molar-refractivity contribution in [1.29, 1.82) is 0 Å². The van der Waals surface area contributed by atoms with Crippen LogP contribution in [0.2, 0.25) is 0 Å². The lowest BCUT2D eigenvalue weighted by Gasteiger charge is -2.26. The number of nitrogens with zero attached hydrogens (tertiary/aromatic N) is 2. The molecule has 0 bridgehead atoms. The van der Waals surface area contributed by atoms with Crippen LogP contribution in [-0.2, 0) is 11.2 Å². The number of anilines is 2. The van der Waals surface area contributed by atoms with Crippen molar-refractivity contribution in [2.75, 3.05) is 38.2 Å². The predicted octanol–water partition coefficient (Wildman–Crippen LogP) is 3.21. The fourth-order valence-corrected chi connectivity index (χ4v) is 2.76. The molecule has 0 unspecified atom stereocenters. The second-order valence-corrected chi connectivity index (χ2v) is 5.80. The normalized spacial score (nSPS) is 15.2. The molecule has 0 amide bonds. The highest BCUT2D eigenvalue weighted by atomic mass is 16.6. The summed E-state index contributed by atoms with van der Waals surface area (Å²) in [7, 11) is 0. The van der Waals surface area contributed by atoms with Gasteiger partial charge in [-0.05, 0) is 30.2 Å². The highest BCUT2D eigenvalue weighted by molar-refractivity contribution is 5.69. The second kappa shape index (κ2) is 7.90. The van der Waals surface area contributed by atoms with Crippen molar-refractivity contribution in [2.24, 2.45) is 0 Å². The molecule has 6 nitrogen and oxygen atoms in total. The zero-order chi connectivity index (χ0) is 16.8. The van der Waals surface area contributed by atoms with Crippen molar-refractivity contribution in [1.82, 2.24) is 4.90 Å². The largest absolute Gasteiger partial charge is 0.379 e. The minimum Gasteiger partial charge on any atom is -0.379 e. The number of hydrogen-bond donors (Lipinski definition) is 1. The van der Waals surface area contributed by atoms with Crippen LogP contribution in [0.15, 0.2) is 48.5 Å². The Morgan fingerprint density at radius 3 is 2.50 bits per heavy atom. The first-order chi connectivity index (χ1) is 11.7. The Kier molecular flexibility index (Phi) is 5.40. The summed E-state index contributed by atoms with van der Waals surface area (Å²) in [4.78, 5) is 13.1. The summed E-state index contributed by atoms with van der Waals surface area (Å²) >= 11 is 0. The summed E-state index contributed by atoms with van der Waals surface area (Å²) in [6, 6.07) is 14.7. The number of benzene rings is 2. The van der Waals surface area contributed by atoms with Crippen molar-refractivity contribution in [3.05, 3.63) is 64.2 Å². The number of para-hydroxylation sites is 2. The van der Waals surface area contributed by atoms with Crippen LogP contribution < -0.4 is 5.32 Å². The Bertz CT molecular complexity index is 682. The average molecular weight is 327 g/mol. The molecule has 0 radical (unpaired) electrons. The van der Waals surface area contributed by atoms with Crippen LogP contribution >= 0.6 is 0 Å². The van der Waals surface area contributed by atoms with Crippen LogP contribution in [0.3, 0.4) is 0 Å². The van der Waals surface area contributed by atoms with Crippen molar-refractivity contribution >= 4 is 17.1 Å². The molecular formula is C18H21N3O3. The fraction of sp³-hybridized carbons (Fsp3) is 0.333. The molecule has 2 aromatic rings. The van der Waals surface area contributed by atoms with E-state index in [9.17, 15) is 10.1 Å². The van der Waals surface area contributed by atoms with Gasteiger partial charge >= 0.3 is 0 Å². The molecule has 0 atom stereocenters. The third kappa shape index (κ3) is 4.31. The number of morpholine rings is 1. The monoisotopic (exact) mass is 327 g/mol. The summed E-state index contributed by atoms with van der Waals surface area (Å²) in [6.07, 6.45) is 0.992. The first-order valence-electron chi connectivity index (χ1n) is 8.12. The quantitative estimate of drug-likeness (QED) is 0.652. The Labute approximate surface area is 141 Å². The number of nitrogens with one attached hydrogen (secondary N) is 1. The van der Waals surface area contributed by atoms with E-state index in [1.54, 1.807) is 18.2 Å². The van der Waals surface area contributed by atoms with E-state index >= 15 is 0 Å². The van der Waals surface area contributed by atoms with Crippen LogP contribution in [-0.4, -0.2) is 42.7 Å². The van der Waals surface area contributed by atoms with E-state index in [1.165, 1.54) is 11.6 Å². The number of nitro groups is 1. The summed E-state index contributed by atoms with van der Waals surface area (Å²) in [5.41, 5.74) is 2.69. The molecule has 0 saturated carbocycles. The molecule has 6 heteroatoms. The molecule has 1 fully saturated rings. The SMILES string of the molecule is O=[N+]([O-])c1ccccc1Nc1ccc(CCN2CCOCC2)cc1. The summed E-state index contributed by atoms with van der Waals surface area (Å²) in [6.45, 7) is 4.66. The fourth-order valence-electron chi connectivity index (χ4n) is 2.76. The molecule has 3 rings (SSSR count). The maximum absolute atomic E-state index is 11.1. The first-order valence-corrected chi connectivity index (χ1v) is 8.12. The Hall–Kier alpha value is -2.44. The van der Waals surface area contributed by atoms with Gasteiger partial charge < -0.3 is 10.1 Å². The molecule has 1 aliphatic rings. The van der Waals surface area contributed by atoms with Crippen LogP contribution in [0.1, 0.15) is 5.56 Å². The number of rotatable bonds is 6. The van der Waals surface area contributed by atoms with Gasteiger partial charge in [0.1, 0.15) is 5.69 Å². The molecule has 0 aromatic heterocycles. The minimum atomic E-state index is -0.376. The molecule has 126 valence electrons. The molecular weight excluding hydrogens is 306 g/mol. The van der Waals surface area contributed by atoms with Crippen molar-refractivity contribution in [3.8, 4) is 0 Å². The minimum absolute atomic E-state index is 0.0777. The predicted molar refractivity (Wildman–Crippen MR) is 93.8 cm³/mol. The van der Waals surface area contributed by atoms with Gasteiger partial charge in [0.25, 0.3) is 5.69 Å². The van der Waals surface area contributed by atoms with Crippen LogP contribution in [0, 0.1) is 10.1 Å². The van der Waals surface area contributed by atoms with Crippen LogP contribution in [0.5, 0.6) is 0 Å². The molecule has 1 aliphatic heterocycles. The van der Waals surface area contributed by atoms with Gasteiger partial charge in [0.2, 0.25) is 0 Å². The maximum Gasteiger partial charge on any atom is 0.292 e. The van der Waals surface area contributed by atoms with E-state index in [0.29, 0.717) is 5.69 Å². The third-order valence-electron chi connectivity index (χ3n) is 4.15. The van der Waals surface area contributed by atoms with E-state index in [4.69, 9.17) is 4.74 Å². The Balaban J connectivity index is 1.59. The van der Waals surface area contributed by atoms with Crippen molar-refractivity contribution in [3.63, 3.8) is 0 Å². The zero-order valence-corrected chi connectivity index (χ0v) is 13.5. The van der Waals surface area contributed by atoms with Gasteiger partial charge in [-0.15, -0.1) is 0 Å². The number of nitro benzene ring substituents is 1. The van der Waals surface area contributed by atoms with Gasteiger partial charge in [0.15, 0.2) is 0 Å². The molecule has 1 N–H and O–H groups in total. The maximum atomic E-state index is 11.1. The zero-order valence-electron chi connectivity index (χ0n) is 13.5. The summed E-state index contributed by atoms with van der Waals surface area (Å²) in [5.74, 6) is 0. The standard InChI is InChI=1S/C18H21N3O3/c22-21(23)18-4-2-1-3-17(18)19-16-7-5-15(6-8-16)9-10-20-11-13-24-14-12-20/h1-8,19H,9-14H2. The van der Waals surface area contributed by atoms with E-state index in [1.807, 2.05) is 12.1 Å². The van der Waals surface area contributed by atoms with E-state index in [2.05, 4.69) is 22.3 Å².